The first-order chi connectivity index (χ1) is 46.5. The van der Waals surface area contributed by atoms with E-state index in [2.05, 4.69) is 0 Å². The summed E-state index contributed by atoms with van der Waals surface area (Å²) in [5, 5.41) is 54.6. The first kappa shape index (κ1) is 92.2. The van der Waals surface area contributed by atoms with E-state index in [9.17, 15) is 67.7 Å². The fourth-order valence-electron chi connectivity index (χ4n) is 10.3. The van der Waals surface area contributed by atoms with E-state index in [0.717, 1.165) is 9.80 Å². The number of amides is 6. The van der Waals surface area contributed by atoms with Gasteiger partial charge in [-0.15, -0.1) is 0 Å². The van der Waals surface area contributed by atoms with Crippen molar-refractivity contribution in [2.75, 3.05) is 81.9 Å². The van der Waals surface area contributed by atoms with Crippen LogP contribution >= 0.6 is 0 Å². The zero-order valence-corrected chi connectivity index (χ0v) is 63.6. The van der Waals surface area contributed by atoms with Crippen LogP contribution in [-0.2, 0) is 85.6 Å². The Morgan fingerprint density at radius 3 is 0.578 bits per heavy atom. The van der Waals surface area contributed by atoms with Crippen molar-refractivity contribution in [2.45, 2.75) is 270 Å². The van der Waals surface area contributed by atoms with Gasteiger partial charge in [0.15, 0.2) is 0 Å². The third-order valence-electron chi connectivity index (χ3n) is 14.8. The summed E-state index contributed by atoms with van der Waals surface area (Å²) in [6, 6.07) is -4.98. The summed E-state index contributed by atoms with van der Waals surface area (Å²) >= 11 is 0. The Balaban J connectivity index is 0.000000612. The van der Waals surface area contributed by atoms with Crippen LogP contribution in [0.3, 0.4) is 0 Å². The Bertz CT molecular complexity index is 2630. The van der Waals surface area contributed by atoms with Gasteiger partial charge in [0.2, 0.25) is 0 Å². The van der Waals surface area contributed by atoms with Gasteiger partial charge >= 0.3 is 72.4 Å². The Hall–Kier alpha value is -7.80. The maximum atomic E-state index is 12.0. The topological polar surface area (TPSA) is 456 Å². The number of β-amino-alcohol motifs (C(OH)–C–C–N with tert-alkyl or cyclic N) is 2. The highest BCUT2D eigenvalue weighted by molar-refractivity contribution is 5.85. The molecule has 0 unspecified atom stereocenters. The van der Waals surface area contributed by atoms with Gasteiger partial charge in [-0.05, 0) is 125 Å². The molecule has 6 rings (SSSR count). The lowest BCUT2D eigenvalue weighted by molar-refractivity contribution is -0.146. The molecular formula is C66H114N6O30. The highest BCUT2D eigenvalue weighted by Gasteiger charge is 2.47. The molecule has 0 aromatic carbocycles. The van der Waals surface area contributed by atoms with Crippen LogP contribution in [-0.4, -0.2) is 321 Å². The molecule has 6 aliphatic heterocycles. The van der Waals surface area contributed by atoms with Gasteiger partial charge in [-0.3, -0.25) is 29.4 Å². The van der Waals surface area contributed by atoms with Crippen molar-refractivity contribution in [3.63, 3.8) is 0 Å². The standard InChI is InChI=1S/2C12H21NO5.2C11H19NO5.2C10H17NO5/c2*1-12(2,3)18-11(15)13-7-8(16-4)6-9(13)10(14)17-5;2*1-11(2,3)17-10(15)12-6-7(16-4)5-8(12)9(13)14;2*1-10(2,3)16-9(15)11-5-6(12)4-7(11)8(13)14/h2*8-9H,6-7H2,1-5H3;2*7-8H,5-6H2,1-4H3,(H,13,14);2*6-7,12H,4-5H2,1-3H3,(H,13,14)/t8-,9+;8-,9-;7-,8+;7-,8-;6-,7+;6-,7-/m101010/s1. The molecule has 102 heavy (non-hydrogen) atoms. The number of carbonyl (C=O) groups is 12. The predicted octanol–water partition coefficient (Wildman–Crippen LogP) is 5.44. The second kappa shape index (κ2) is 39.2. The van der Waals surface area contributed by atoms with E-state index in [-0.39, 0.29) is 63.4 Å². The van der Waals surface area contributed by atoms with Crippen LogP contribution < -0.4 is 0 Å². The average molecular weight is 1470 g/mol. The van der Waals surface area contributed by atoms with Crippen molar-refractivity contribution in [3.8, 4) is 0 Å². The monoisotopic (exact) mass is 1470 g/mol. The van der Waals surface area contributed by atoms with E-state index >= 15 is 0 Å². The summed E-state index contributed by atoms with van der Waals surface area (Å²) < 4.78 is 60.9. The van der Waals surface area contributed by atoms with Crippen molar-refractivity contribution in [1.82, 2.24) is 29.4 Å². The molecule has 12 atom stereocenters. The van der Waals surface area contributed by atoms with Crippen molar-refractivity contribution in [2.24, 2.45) is 0 Å². The smallest absolute Gasteiger partial charge is 0.411 e. The Morgan fingerprint density at radius 1 is 0.265 bits per heavy atom. The lowest BCUT2D eigenvalue weighted by Crippen LogP contribution is -2.44. The van der Waals surface area contributed by atoms with Gasteiger partial charge in [0.05, 0.1) is 90.1 Å². The maximum Gasteiger partial charge on any atom is 0.411 e. The van der Waals surface area contributed by atoms with Crippen molar-refractivity contribution >= 4 is 72.4 Å². The van der Waals surface area contributed by atoms with Gasteiger partial charge in [-0.1, -0.05) is 0 Å². The lowest BCUT2D eigenvalue weighted by Gasteiger charge is -2.27. The number of carboxylic acid groups (broad SMARTS) is 4. The second-order valence-corrected chi connectivity index (χ2v) is 30.4. The number of likely N-dealkylation sites (tertiary alicyclic amines) is 6. The van der Waals surface area contributed by atoms with Crippen LogP contribution in [0, 0.1) is 0 Å². The third kappa shape index (κ3) is 32.3. The number of carbonyl (C=O) groups excluding carboxylic acids is 8. The number of hydrogen-bond donors (Lipinski definition) is 6. The SMILES string of the molecule is CC(C)(C)OC(=O)N1C[C@@H](O)C[C@H]1C(=O)O.CC(C)(C)OC(=O)N1C[C@H](O)C[C@H]1C(=O)O.COC(=O)[C@@H]1C[C@@H](OC)CN1C(=O)OC(C)(C)C.COC(=O)[C@@H]1C[C@H](OC)CN1C(=O)OC(C)(C)C.CO[C@@H]1C[C@@H](C(=O)O)N(C(=O)OC(C)(C)C)C1.CO[C@H]1C[C@@H](C(=O)O)N(C(=O)OC(C)(C)C)C1. The molecule has 6 aliphatic rings. The van der Waals surface area contributed by atoms with Gasteiger partial charge in [0, 0.05) is 67.0 Å². The van der Waals surface area contributed by atoms with Gasteiger partial charge in [-0.25, -0.2) is 57.5 Å². The summed E-state index contributed by atoms with van der Waals surface area (Å²) in [7, 11) is 8.71. The number of rotatable bonds is 10. The average Bonchev–Trinajstić information content (AvgIpc) is 1.71. The minimum absolute atomic E-state index is 0.00583. The first-order valence-electron chi connectivity index (χ1n) is 33.0. The number of methoxy groups -OCH3 is 6. The zero-order valence-electron chi connectivity index (χ0n) is 63.6. The minimum atomic E-state index is -1.12. The molecule has 0 aromatic heterocycles. The summed E-state index contributed by atoms with van der Waals surface area (Å²) in [6.07, 6.45) is -4.50. The maximum absolute atomic E-state index is 12.0. The molecule has 36 nitrogen and oxygen atoms in total. The molecule has 6 fully saturated rings. The van der Waals surface area contributed by atoms with Crippen LogP contribution in [0.25, 0.3) is 0 Å². The highest BCUT2D eigenvalue weighted by atomic mass is 16.6. The molecule has 588 valence electrons. The number of hydrogen-bond acceptors (Lipinski definition) is 26. The number of aliphatic hydroxyl groups excluding tert-OH is 2. The normalized spacial score (nSPS) is 24.8. The van der Waals surface area contributed by atoms with E-state index in [1.54, 1.807) is 139 Å². The summed E-state index contributed by atoms with van der Waals surface area (Å²) in [4.78, 5) is 145. The van der Waals surface area contributed by atoms with Gasteiger partial charge in [-0.2, -0.15) is 0 Å². The molecule has 6 amide bonds. The fourth-order valence-corrected chi connectivity index (χ4v) is 10.3. The Morgan fingerprint density at radius 2 is 0.422 bits per heavy atom. The summed E-state index contributed by atoms with van der Waals surface area (Å²) in [6.45, 7) is 32.5. The summed E-state index contributed by atoms with van der Waals surface area (Å²) in [5.41, 5.74) is -3.80. The first-order valence-corrected chi connectivity index (χ1v) is 33.0. The quantitative estimate of drug-likeness (QED) is 0.117. The van der Waals surface area contributed by atoms with E-state index in [4.69, 9.17) is 77.3 Å². The number of nitrogens with zero attached hydrogens (tertiary/aromatic N) is 6. The molecule has 6 N–H and O–H groups in total. The molecule has 0 aliphatic carbocycles. The van der Waals surface area contributed by atoms with Crippen molar-refractivity contribution in [3.05, 3.63) is 0 Å². The molecule has 0 spiro atoms. The van der Waals surface area contributed by atoms with Crippen LogP contribution in [0.2, 0.25) is 0 Å². The van der Waals surface area contributed by atoms with Crippen LogP contribution in [0.1, 0.15) is 163 Å². The largest absolute Gasteiger partial charge is 0.480 e. The third-order valence-corrected chi connectivity index (χ3v) is 14.8. The lowest BCUT2D eigenvalue weighted by atomic mass is 10.2. The van der Waals surface area contributed by atoms with Crippen molar-refractivity contribution in [1.29, 1.82) is 0 Å². The van der Waals surface area contributed by atoms with Gasteiger partial charge < -0.3 is 87.5 Å². The number of esters is 2. The molecule has 6 heterocycles. The van der Waals surface area contributed by atoms with E-state index in [0.29, 0.717) is 38.8 Å². The molecule has 36 heteroatoms. The fraction of sp³-hybridized carbons (Fsp3) is 0.818. The molecular weight excluding hydrogens is 1360 g/mol. The second-order valence-electron chi connectivity index (χ2n) is 30.4. The highest BCUT2D eigenvalue weighted by Crippen LogP contribution is 2.29. The van der Waals surface area contributed by atoms with Crippen LogP contribution in [0.4, 0.5) is 28.8 Å². The molecule has 0 bridgehead atoms. The van der Waals surface area contributed by atoms with Crippen LogP contribution in [0.5, 0.6) is 0 Å². The number of carboxylic acids is 4. The van der Waals surface area contributed by atoms with E-state index in [1.807, 2.05) is 0 Å². The number of aliphatic carboxylic acids is 4. The molecule has 6 saturated heterocycles. The van der Waals surface area contributed by atoms with Gasteiger partial charge in [0.1, 0.15) is 69.9 Å². The number of aliphatic hydroxyl groups is 2. The Labute approximate surface area is 596 Å². The van der Waals surface area contributed by atoms with Crippen LogP contribution in [0.15, 0.2) is 0 Å². The summed E-state index contributed by atoms with van der Waals surface area (Å²) in [5.74, 6) is -5.20. The minimum Gasteiger partial charge on any atom is -0.480 e. The Kier molecular flexibility index (Phi) is 35.4. The zero-order chi connectivity index (χ0) is 79.3. The van der Waals surface area contributed by atoms with E-state index < -0.39 is 154 Å². The molecule has 0 saturated carbocycles. The molecule has 0 aromatic rings. The number of ether oxygens (including phenoxy) is 12. The molecule has 0 radical (unpaired) electrons. The van der Waals surface area contributed by atoms with Gasteiger partial charge in [0.25, 0.3) is 0 Å². The predicted molar refractivity (Wildman–Crippen MR) is 358 cm³/mol. The van der Waals surface area contributed by atoms with E-state index in [1.165, 1.54) is 48.0 Å². The van der Waals surface area contributed by atoms with Crippen molar-refractivity contribution < 1.29 is 145 Å².